The molecule has 4 aromatic rings. The standard InChI is InChI=1S/C20H21N3O2.C11H15NO/c1-14-18(22-13-21-14)12-23-8-7-15-9-19(24)20(10-16(15)11-23)25-17-5-3-2-4-6-17;1-3-12(4-2)11(13)10-8-6-5-7-9-10/h2-6,9-10,13,24H,7-8,11-12H2,1H3,(H,21,22);5-9H,3-4H2,1-2H3. The maximum absolute atomic E-state index is 11.7. The number of carbonyl (C=O) groups excluding carboxylic acids is 1. The van der Waals surface area contributed by atoms with Gasteiger partial charge in [0.05, 0.1) is 12.0 Å². The highest BCUT2D eigenvalue weighted by Crippen LogP contribution is 2.35. The number of aryl methyl sites for hydroxylation is 1. The smallest absolute Gasteiger partial charge is 0.253 e. The predicted octanol–water partition coefficient (Wildman–Crippen LogP) is 5.94. The van der Waals surface area contributed by atoms with Crippen LogP contribution in [-0.4, -0.2) is 50.4 Å². The molecule has 0 radical (unpaired) electrons. The molecule has 7 nitrogen and oxygen atoms in total. The summed E-state index contributed by atoms with van der Waals surface area (Å²) < 4.78 is 5.85. The van der Waals surface area contributed by atoms with Crippen molar-refractivity contribution in [1.82, 2.24) is 19.8 Å². The molecule has 2 N–H and O–H groups in total. The maximum Gasteiger partial charge on any atom is 0.253 e. The Morgan fingerprint density at radius 3 is 2.34 bits per heavy atom. The highest BCUT2D eigenvalue weighted by atomic mass is 16.5. The predicted molar refractivity (Wildman–Crippen MR) is 149 cm³/mol. The third-order valence-corrected chi connectivity index (χ3v) is 6.72. The highest BCUT2D eigenvalue weighted by molar-refractivity contribution is 5.94. The molecule has 0 aliphatic carbocycles. The van der Waals surface area contributed by atoms with E-state index < -0.39 is 0 Å². The molecule has 1 aliphatic heterocycles. The van der Waals surface area contributed by atoms with Crippen molar-refractivity contribution in [1.29, 1.82) is 0 Å². The lowest BCUT2D eigenvalue weighted by atomic mass is 9.98. The molecule has 198 valence electrons. The molecule has 0 saturated heterocycles. The van der Waals surface area contributed by atoms with E-state index in [1.54, 1.807) is 6.33 Å². The number of aromatic hydroxyl groups is 1. The number of fused-ring (bicyclic) bond motifs is 1. The van der Waals surface area contributed by atoms with Crippen LogP contribution in [-0.2, 0) is 19.5 Å². The van der Waals surface area contributed by atoms with Crippen molar-refractivity contribution in [2.24, 2.45) is 0 Å². The summed E-state index contributed by atoms with van der Waals surface area (Å²) in [6.07, 6.45) is 2.66. The van der Waals surface area contributed by atoms with Gasteiger partial charge in [-0.25, -0.2) is 4.98 Å². The Labute approximate surface area is 224 Å². The van der Waals surface area contributed by atoms with Crippen LogP contribution in [0.25, 0.3) is 0 Å². The molecule has 0 atom stereocenters. The van der Waals surface area contributed by atoms with Crippen molar-refractivity contribution in [3.05, 3.63) is 107 Å². The monoisotopic (exact) mass is 512 g/mol. The molecule has 5 rings (SSSR count). The van der Waals surface area contributed by atoms with Gasteiger partial charge in [-0.3, -0.25) is 9.69 Å². The van der Waals surface area contributed by atoms with Crippen LogP contribution in [0.2, 0.25) is 0 Å². The van der Waals surface area contributed by atoms with Crippen LogP contribution >= 0.6 is 0 Å². The zero-order valence-corrected chi connectivity index (χ0v) is 22.4. The van der Waals surface area contributed by atoms with E-state index >= 15 is 0 Å². The molecule has 0 fully saturated rings. The van der Waals surface area contributed by atoms with Crippen molar-refractivity contribution >= 4 is 5.91 Å². The number of aromatic amines is 1. The summed E-state index contributed by atoms with van der Waals surface area (Å²) in [5, 5.41) is 10.3. The van der Waals surface area contributed by atoms with E-state index in [0.29, 0.717) is 5.75 Å². The number of nitrogens with zero attached hydrogens (tertiary/aromatic N) is 3. The molecule has 1 amide bonds. The SMILES string of the molecule is CCN(CC)C(=O)c1ccccc1.Cc1[nH]cnc1CN1CCc2cc(O)c(Oc3ccccc3)cc2C1. The topological polar surface area (TPSA) is 81.7 Å². The van der Waals surface area contributed by atoms with E-state index in [9.17, 15) is 9.90 Å². The first-order valence-corrected chi connectivity index (χ1v) is 13.1. The molecule has 3 aromatic carbocycles. The first-order chi connectivity index (χ1) is 18.5. The van der Waals surface area contributed by atoms with E-state index in [4.69, 9.17) is 4.74 Å². The maximum atomic E-state index is 11.7. The number of benzene rings is 3. The molecule has 0 spiro atoms. The van der Waals surface area contributed by atoms with Gasteiger partial charge in [0, 0.05) is 44.0 Å². The lowest BCUT2D eigenvalue weighted by molar-refractivity contribution is 0.0773. The van der Waals surface area contributed by atoms with Crippen LogP contribution in [0.15, 0.2) is 79.1 Å². The van der Waals surface area contributed by atoms with Crippen molar-refractivity contribution < 1.29 is 14.6 Å². The van der Waals surface area contributed by atoms with Crippen molar-refractivity contribution in [2.45, 2.75) is 40.3 Å². The number of phenols is 1. The third-order valence-electron chi connectivity index (χ3n) is 6.72. The van der Waals surface area contributed by atoms with E-state index in [2.05, 4.69) is 14.9 Å². The average molecular weight is 513 g/mol. The number of aromatic nitrogens is 2. The van der Waals surface area contributed by atoms with Crippen LogP contribution in [0, 0.1) is 6.92 Å². The fraction of sp³-hybridized carbons (Fsp3) is 0.290. The van der Waals surface area contributed by atoms with Gasteiger partial charge in [-0.05, 0) is 74.7 Å². The number of hydrogen-bond acceptors (Lipinski definition) is 5. The molecule has 0 saturated carbocycles. The highest BCUT2D eigenvalue weighted by Gasteiger charge is 2.20. The Balaban J connectivity index is 0.000000219. The minimum Gasteiger partial charge on any atom is -0.504 e. The first-order valence-electron chi connectivity index (χ1n) is 13.1. The molecule has 1 aromatic heterocycles. The summed E-state index contributed by atoms with van der Waals surface area (Å²) in [6.45, 7) is 10.2. The second kappa shape index (κ2) is 12.9. The Morgan fingerprint density at radius 1 is 1.03 bits per heavy atom. The van der Waals surface area contributed by atoms with Gasteiger partial charge < -0.3 is 19.7 Å². The van der Waals surface area contributed by atoms with Crippen molar-refractivity contribution in [3.8, 4) is 17.2 Å². The number of carbonyl (C=O) groups is 1. The fourth-order valence-electron chi connectivity index (χ4n) is 4.50. The minimum atomic E-state index is 0.116. The number of para-hydroxylation sites is 1. The Bertz CT molecular complexity index is 1320. The van der Waals surface area contributed by atoms with Gasteiger partial charge in [0.1, 0.15) is 5.75 Å². The van der Waals surface area contributed by atoms with Crippen molar-refractivity contribution in [2.75, 3.05) is 19.6 Å². The van der Waals surface area contributed by atoms with Crippen LogP contribution in [0.1, 0.15) is 46.7 Å². The van der Waals surface area contributed by atoms with Gasteiger partial charge in [0.15, 0.2) is 11.5 Å². The number of hydrogen-bond donors (Lipinski definition) is 2. The first kappa shape index (κ1) is 26.9. The van der Waals surface area contributed by atoms with Crippen molar-refractivity contribution in [3.63, 3.8) is 0 Å². The largest absolute Gasteiger partial charge is 0.504 e. The van der Waals surface area contributed by atoms with E-state index in [1.165, 1.54) is 11.1 Å². The molecule has 7 heteroatoms. The second-order valence-corrected chi connectivity index (χ2v) is 9.28. The number of imidazole rings is 1. The zero-order valence-electron chi connectivity index (χ0n) is 22.4. The normalized spacial score (nSPS) is 12.7. The summed E-state index contributed by atoms with van der Waals surface area (Å²) in [4.78, 5) is 23.4. The molecule has 38 heavy (non-hydrogen) atoms. The summed E-state index contributed by atoms with van der Waals surface area (Å²) >= 11 is 0. The summed E-state index contributed by atoms with van der Waals surface area (Å²) in [6, 6.07) is 22.7. The molecule has 0 unspecified atom stereocenters. The van der Waals surface area contributed by atoms with Gasteiger partial charge in [0.25, 0.3) is 5.91 Å². The molecule has 2 heterocycles. The molecular formula is C31H36N4O3. The Morgan fingerprint density at radius 2 is 1.71 bits per heavy atom. The number of nitrogens with one attached hydrogen (secondary N) is 1. The number of rotatable bonds is 7. The summed E-state index contributed by atoms with van der Waals surface area (Å²) in [7, 11) is 0. The number of phenolic OH excluding ortho intramolecular Hbond substituents is 1. The van der Waals surface area contributed by atoms with Gasteiger partial charge >= 0.3 is 0 Å². The van der Waals surface area contributed by atoms with Crippen LogP contribution in [0.4, 0.5) is 0 Å². The van der Waals surface area contributed by atoms with Gasteiger partial charge in [0.2, 0.25) is 0 Å². The van der Waals surface area contributed by atoms with Crippen LogP contribution in [0.3, 0.4) is 0 Å². The average Bonchev–Trinajstić information content (AvgIpc) is 3.35. The minimum absolute atomic E-state index is 0.116. The summed E-state index contributed by atoms with van der Waals surface area (Å²) in [5.74, 6) is 1.53. The third kappa shape index (κ3) is 6.81. The van der Waals surface area contributed by atoms with E-state index in [0.717, 1.165) is 61.8 Å². The van der Waals surface area contributed by atoms with Gasteiger partial charge in [-0.1, -0.05) is 36.4 Å². The van der Waals surface area contributed by atoms with Crippen LogP contribution < -0.4 is 4.74 Å². The lowest BCUT2D eigenvalue weighted by Gasteiger charge is -2.29. The number of amides is 1. The Kier molecular flexibility index (Phi) is 9.16. The fourth-order valence-corrected chi connectivity index (χ4v) is 4.50. The number of ether oxygens (including phenoxy) is 1. The zero-order chi connectivity index (χ0) is 26.9. The molecular weight excluding hydrogens is 476 g/mol. The van der Waals surface area contributed by atoms with Gasteiger partial charge in [-0.15, -0.1) is 0 Å². The lowest BCUT2D eigenvalue weighted by Crippen LogP contribution is -2.30. The summed E-state index contributed by atoms with van der Waals surface area (Å²) in [5.41, 5.74) is 5.36. The molecule has 1 aliphatic rings. The second-order valence-electron chi connectivity index (χ2n) is 9.28. The Hall–Kier alpha value is -4.10. The van der Waals surface area contributed by atoms with E-state index in [1.807, 2.05) is 98.5 Å². The van der Waals surface area contributed by atoms with E-state index in [-0.39, 0.29) is 11.7 Å². The van der Waals surface area contributed by atoms with Crippen LogP contribution in [0.5, 0.6) is 17.2 Å². The quantitative estimate of drug-likeness (QED) is 0.320. The number of H-pyrrole nitrogens is 1. The molecule has 0 bridgehead atoms. The van der Waals surface area contributed by atoms with Gasteiger partial charge in [-0.2, -0.15) is 0 Å².